The molecule has 0 saturated heterocycles. The zero-order chi connectivity index (χ0) is 14.5. The van der Waals surface area contributed by atoms with Crippen molar-refractivity contribution in [3.05, 3.63) is 68.8 Å². The van der Waals surface area contributed by atoms with E-state index in [-0.39, 0.29) is 6.04 Å². The molecule has 0 fully saturated rings. The van der Waals surface area contributed by atoms with Gasteiger partial charge in [0.2, 0.25) is 0 Å². The van der Waals surface area contributed by atoms with Gasteiger partial charge < -0.3 is 5.32 Å². The minimum atomic E-state index is -0.791. The van der Waals surface area contributed by atoms with Crippen LogP contribution in [0.2, 0.25) is 0 Å². The van der Waals surface area contributed by atoms with E-state index >= 15 is 0 Å². The molecular formula is C16H16F2IN. The van der Waals surface area contributed by atoms with Gasteiger partial charge in [0.05, 0.1) is 0 Å². The van der Waals surface area contributed by atoms with Crippen LogP contribution in [-0.2, 0) is 6.42 Å². The molecule has 20 heavy (non-hydrogen) atoms. The van der Waals surface area contributed by atoms with Crippen molar-refractivity contribution >= 4 is 22.6 Å². The van der Waals surface area contributed by atoms with Gasteiger partial charge in [0.1, 0.15) is 0 Å². The molecule has 0 aliphatic rings. The van der Waals surface area contributed by atoms with Crippen molar-refractivity contribution in [1.29, 1.82) is 0 Å². The zero-order valence-corrected chi connectivity index (χ0v) is 13.3. The second-order valence-electron chi connectivity index (χ2n) is 4.58. The maximum atomic E-state index is 13.8. The number of hydrogen-bond donors (Lipinski definition) is 1. The first kappa shape index (κ1) is 15.4. The van der Waals surface area contributed by atoms with Crippen molar-refractivity contribution in [2.24, 2.45) is 0 Å². The molecule has 1 unspecified atom stereocenters. The van der Waals surface area contributed by atoms with Crippen molar-refractivity contribution in [1.82, 2.24) is 5.32 Å². The first-order valence-electron chi connectivity index (χ1n) is 6.53. The number of rotatable bonds is 5. The maximum absolute atomic E-state index is 13.8. The van der Waals surface area contributed by atoms with Crippen molar-refractivity contribution in [3.63, 3.8) is 0 Å². The molecule has 2 rings (SSSR count). The highest BCUT2D eigenvalue weighted by atomic mass is 127. The lowest BCUT2D eigenvalue weighted by Gasteiger charge is -2.19. The zero-order valence-electron chi connectivity index (χ0n) is 11.2. The van der Waals surface area contributed by atoms with E-state index in [9.17, 15) is 8.78 Å². The Hall–Kier alpha value is -1.01. The van der Waals surface area contributed by atoms with Crippen LogP contribution in [-0.4, -0.2) is 6.54 Å². The highest BCUT2D eigenvalue weighted by Gasteiger charge is 2.15. The lowest BCUT2D eigenvalue weighted by atomic mass is 9.98. The Morgan fingerprint density at radius 3 is 2.60 bits per heavy atom. The van der Waals surface area contributed by atoms with E-state index < -0.39 is 11.6 Å². The van der Waals surface area contributed by atoms with E-state index in [4.69, 9.17) is 0 Å². The summed E-state index contributed by atoms with van der Waals surface area (Å²) in [5, 5.41) is 3.33. The minimum Gasteiger partial charge on any atom is -0.310 e. The van der Waals surface area contributed by atoms with Gasteiger partial charge in [-0.25, -0.2) is 8.78 Å². The molecule has 2 aromatic rings. The van der Waals surface area contributed by atoms with Crippen LogP contribution < -0.4 is 5.32 Å². The molecule has 0 aliphatic carbocycles. The monoisotopic (exact) mass is 387 g/mol. The maximum Gasteiger partial charge on any atom is 0.162 e. The Morgan fingerprint density at radius 2 is 1.90 bits per heavy atom. The molecule has 0 aliphatic heterocycles. The van der Waals surface area contributed by atoms with Gasteiger partial charge in [0, 0.05) is 9.61 Å². The van der Waals surface area contributed by atoms with Crippen LogP contribution in [0.5, 0.6) is 0 Å². The first-order chi connectivity index (χ1) is 9.61. The Bertz CT molecular complexity index is 586. The molecule has 4 heteroatoms. The van der Waals surface area contributed by atoms with Gasteiger partial charge >= 0.3 is 0 Å². The summed E-state index contributed by atoms with van der Waals surface area (Å²) in [4.78, 5) is 0. The topological polar surface area (TPSA) is 12.0 Å². The van der Waals surface area contributed by atoms with Crippen LogP contribution in [0.25, 0.3) is 0 Å². The number of likely N-dealkylation sites (N-methyl/N-ethyl adjacent to an activating group) is 1. The molecule has 0 bridgehead atoms. The summed E-state index contributed by atoms with van der Waals surface area (Å²) in [7, 11) is 0. The van der Waals surface area contributed by atoms with Crippen molar-refractivity contribution in [3.8, 4) is 0 Å². The first-order valence-corrected chi connectivity index (χ1v) is 7.61. The summed E-state index contributed by atoms with van der Waals surface area (Å²) in [5.41, 5.74) is 1.48. The normalized spacial score (nSPS) is 12.4. The lowest BCUT2D eigenvalue weighted by Crippen LogP contribution is -2.23. The van der Waals surface area contributed by atoms with Crippen LogP contribution >= 0.6 is 22.6 Å². The Morgan fingerprint density at radius 1 is 1.15 bits per heavy atom. The number of hydrogen-bond acceptors (Lipinski definition) is 1. The highest BCUT2D eigenvalue weighted by Crippen LogP contribution is 2.22. The average Bonchev–Trinajstić information content (AvgIpc) is 2.43. The molecule has 0 amide bonds. The SMILES string of the molecule is CCNC(Cc1cccc(F)c1F)c1cccc(I)c1. The minimum absolute atomic E-state index is 0.0222. The number of benzene rings is 2. The van der Waals surface area contributed by atoms with Gasteiger partial charge in [-0.15, -0.1) is 0 Å². The van der Waals surface area contributed by atoms with Crippen molar-refractivity contribution in [2.75, 3.05) is 6.54 Å². The van der Waals surface area contributed by atoms with Crippen molar-refractivity contribution < 1.29 is 8.78 Å². The summed E-state index contributed by atoms with van der Waals surface area (Å²) >= 11 is 2.25. The third kappa shape index (κ3) is 3.76. The number of nitrogens with one attached hydrogen (secondary N) is 1. The van der Waals surface area contributed by atoms with Crippen LogP contribution in [0.1, 0.15) is 24.1 Å². The van der Waals surface area contributed by atoms with Gasteiger partial charge in [-0.05, 0) is 64.9 Å². The smallest absolute Gasteiger partial charge is 0.162 e. The fourth-order valence-electron chi connectivity index (χ4n) is 2.20. The van der Waals surface area contributed by atoms with E-state index in [1.165, 1.54) is 0 Å². The van der Waals surface area contributed by atoms with E-state index in [1.54, 1.807) is 12.1 Å². The quantitative estimate of drug-likeness (QED) is 0.747. The molecule has 0 spiro atoms. The van der Waals surface area contributed by atoms with E-state index in [0.717, 1.165) is 21.7 Å². The third-order valence-electron chi connectivity index (χ3n) is 3.16. The summed E-state index contributed by atoms with van der Waals surface area (Å²) in [6.07, 6.45) is 0.428. The largest absolute Gasteiger partial charge is 0.310 e. The number of halogens is 3. The van der Waals surface area contributed by atoms with Crippen LogP contribution in [0, 0.1) is 15.2 Å². The van der Waals surface area contributed by atoms with Gasteiger partial charge in [-0.1, -0.05) is 31.2 Å². The molecule has 106 valence electrons. The second-order valence-corrected chi connectivity index (χ2v) is 5.83. The summed E-state index contributed by atoms with van der Waals surface area (Å²) in [6.45, 7) is 2.77. The van der Waals surface area contributed by atoms with Crippen LogP contribution in [0.3, 0.4) is 0 Å². The molecule has 0 saturated carbocycles. The van der Waals surface area contributed by atoms with Gasteiger partial charge in [0.15, 0.2) is 11.6 Å². The summed E-state index contributed by atoms with van der Waals surface area (Å²) in [6, 6.07) is 12.4. The van der Waals surface area contributed by atoms with Gasteiger partial charge in [-0.3, -0.25) is 0 Å². The predicted octanol–water partition coefficient (Wildman–Crippen LogP) is 4.46. The molecule has 0 aromatic heterocycles. The molecule has 1 nitrogen and oxygen atoms in total. The molecule has 0 radical (unpaired) electrons. The predicted molar refractivity (Wildman–Crippen MR) is 85.6 cm³/mol. The molecule has 1 atom stereocenters. The van der Waals surface area contributed by atoms with Crippen LogP contribution in [0.15, 0.2) is 42.5 Å². The molecule has 0 heterocycles. The molecule has 1 N–H and O–H groups in total. The summed E-state index contributed by atoms with van der Waals surface area (Å²) < 4.78 is 28.2. The van der Waals surface area contributed by atoms with E-state index in [0.29, 0.717) is 12.0 Å². The highest BCUT2D eigenvalue weighted by molar-refractivity contribution is 14.1. The fourth-order valence-corrected chi connectivity index (χ4v) is 2.77. The second kappa shape index (κ2) is 7.13. The third-order valence-corrected chi connectivity index (χ3v) is 3.83. The molecule has 2 aromatic carbocycles. The van der Waals surface area contributed by atoms with E-state index in [1.807, 2.05) is 25.1 Å². The average molecular weight is 387 g/mol. The fraction of sp³-hybridized carbons (Fsp3) is 0.250. The van der Waals surface area contributed by atoms with Crippen molar-refractivity contribution in [2.45, 2.75) is 19.4 Å². The Labute approximate surface area is 131 Å². The standard InChI is InChI=1S/C16H16F2IN/c1-2-20-15(11-5-3-7-13(19)9-11)10-12-6-4-8-14(17)16(12)18/h3-9,15,20H,2,10H2,1H3. The lowest BCUT2D eigenvalue weighted by molar-refractivity contribution is 0.481. The Balaban J connectivity index is 2.28. The molecular weight excluding hydrogens is 371 g/mol. The van der Waals surface area contributed by atoms with Gasteiger partial charge in [0.25, 0.3) is 0 Å². The Kier molecular flexibility index (Phi) is 5.48. The summed E-state index contributed by atoms with van der Waals surface area (Å²) in [5.74, 6) is -1.54. The van der Waals surface area contributed by atoms with E-state index in [2.05, 4.69) is 34.0 Å². The van der Waals surface area contributed by atoms with Crippen LogP contribution in [0.4, 0.5) is 8.78 Å². The van der Waals surface area contributed by atoms with Gasteiger partial charge in [-0.2, -0.15) is 0 Å².